The molecular weight excluding hydrogens is 432 g/mol. The molecule has 9 heteroatoms. The first-order valence-electron chi connectivity index (χ1n) is 8.08. The summed E-state index contributed by atoms with van der Waals surface area (Å²) >= 11 is 4.64. The molecule has 7 nitrogen and oxygen atoms in total. The maximum atomic E-state index is 12.4. The van der Waals surface area contributed by atoms with Gasteiger partial charge in [0.1, 0.15) is 6.54 Å². The van der Waals surface area contributed by atoms with Gasteiger partial charge in [0, 0.05) is 5.39 Å². The summed E-state index contributed by atoms with van der Waals surface area (Å²) in [6, 6.07) is 13.9. The van der Waals surface area contributed by atoms with E-state index in [9.17, 15) is 9.59 Å². The predicted molar refractivity (Wildman–Crippen MR) is 107 cm³/mol. The van der Waals surface area contributed by atoms with E-state index in [-0.39, 0.29) is 0 Å². The molecule has 0 saturated carbocycles. The Morgan fingerprint density at radius 2 is 1.89 bits per heavy atom. The smallest absolute Gasteiger partial charge is 0.322 e. The number of amides is 1. The van der Waals surface area contributed by atoms with Crippen LogP contribution in [0.15, 0.2) is 52.4 Å². The van der Waals surface area contributed by atoms with Gasteiger partial charge in [0.25, 0.3) is 0 Å². The molecule has 2 N–H and O–H groups in total. The number of hydrogen-bond acceptors (Lipinski definition) is 5. The first-order valence-corrected chi connectivity index (χ1v) is 9.69. The quantitative estimate of drug-likeness (QED) is 0.561. The lowest BCUT2D eigenvalue weighted by Crippen LogP contribution is -2.42. The standard InChI is InChI=1S/C18H17BrN4O3S/c1-18(2,15(26)20-10-14(24)25)27-17-22-21-16(19)23(17)13-9-5-7-11-6-3-4-8-12(11)13/h3-9H,10H2,1-2H3,(H,20,26)(H,24,25). The SMILES string of the molecule is CC(C)(Sc1nnc(Br)n1-c1cccc2ccccc12)C(=O)NCC(=O)O. The lowest BCUT2D eigenvalue weighted by atomic mass is 10.1. The number of carbonyl (C=O) groups excluding carboxylic acids is 1. The van der Waals surface area contributed by atoms with E-state index in [2.05, 4.69) is 31.4 Å². The number of thioether (sulfide) groups is 1. The molecule has 1 amide bonds. The molecule has 0 spiro atoms. The van der Waals surface area contributed by atoms with Gasteiger partial charge < -0.3 is 10.4 Å². The third-order valence-electron chi connectivity index (χ3n) is 3.89. The van der Waals surface area contributed by atoms with Crippen LogP contribution in [0.1, 0.15) is 13.8 Å². The molecule has 27 heavy (non-hydrogen) atoms. The van der Waals surface area contributed by atoms with Crippen LogP contribution in [0.3, 0.4) is 0 Å². The maximum Gasteiger partial charge on any atom is 0.322 e. The van der Waals surface area contributed by atoms with Crippen LogP contribution in [0.25, 0.3) is 16.5 Å². The molecule has 0 unspecified atom stereocenters. The number of halogens is 1. The van der Waals surface area contributed by atoms with Crippen molar-refractivity contribution in [3.63, 3.8) is 0 Å². The highest BCUT2D eigenvalue weighted by atomic mass is 79.9. The Morgan fingerprint density at radius 1 is 1.19 bits per heavy atom. The molecule has 0 atom stereocenters. The number of carboxylic acid groups (broad SMARTS) is 1. The lowest BCUT2D eigenvalue weighted by Gasteiger charge is -2.22. The maximum absolute atomic E-state index is 12.4. The van der Waals surface area contributed by atoms with E-state index in [4.69, 9.17) is 5.11 Å². The van der Waals surface area contributed by atoms with Crippen LogP contribution in [0.5, 0.6) is 0 Å². The number of nitrogens with zero attached hydrogens (tertiary/aromatic N) is 3. The minimum atomic E-state index is -1.09. The average molecular weight is 449 g/mol. The van der Waals surface area contributed by atoms with Gasteiger partial charge in [-0.2, -0.15) is 0 Å². The summed E-state index contributed by atoms with van der Waals surface area (Å²) in [5.41, 5.74) is 0.884. The van der Waals surface area contributed by atoms with Gasteiger partial charge >= 0.3 is 5.97 Å². The number of aromatic nitrogens is 3. The molecule has 0 aliphatic rings. The molecule has 140 valence electrons. The van der Waals surface area contributed by atoms with Crippen LogP contribution in [-0.2, 0) is 9.59 Å². The molecule has 0 aliphatic heterocycles. The summed E-state index contributed by atoms with van der Waals surface area (Å²) in [4.78, 5) is 23.1. The van der Waals surface area contributed by atoms with Crippen molar-refractivity contribution in [1.29, 1.82) is 0 Å². The first-order chi connectivity index (χ1) is 12.8. The first kappa shape index (κ1) is 19.4. The van der Waals surface area contributed by atoms with Crippen LogP contribution in [0.2, 0.25) is 0 Å². The summed E-state index contributed by atoms with van der Waals surface area (Å²) in [7, 11) is 0. The fourth-order valence-electron chi connectivity index (χ4n) is 2.57. The fourth-order valence-corrected chi connectivity index (χ4v) is 4.10. The Balaban J connectivity index is 1.98. The van der Waals surface area contributed by atoms with Crippen molar-refractivity contribution in [2.75, 3.05) is 6.54 Å². The number of nitrogens with one attached hydrogen (secondary N) is 1. The van der Waals surface area contributed by atoms with Gasteiger partial charge in [-0.3, -0.25) is 14.2 Å². The third-order valence-corrected chi connectivity index (χ3v) is 5.55. The van der Waals surface area contributed by atoms with Gasteiger partial charge in [0.2, 0.25) is 10.6 Å². The zero-order valence-electron chi connectivity index (χ0n) is 14.6. The average Bonchev–Trinajstić information content (AvgIpc) is 2.98. The number of rotatable bonds is 6. The van der Waals surface area contributed by atoms with Crippen molar-refractivity contribution in [2.24, 2.45) is 0 Å². The number of aliphatic carboxylic acids is 1. The molecule has 0 radical (unpaired) electrons. The largest absolute Gasteiger partial charge is 0.480 e. The monoisotopic (exact) mass is 448 g/mol. The van der Waals surface area contributed by atoms with Gasteiger partial charge in [-0.1, -0.05) is 48.2 Å². The molecule has 0 saturated heterocycles. The normalized spacial score (nSPS) is 11.5. The second-order valence-corrected chi connectivity index (χ2v) is 8.57. The highest BCUT2D eigenvalue weighted by Crippen LogP contribution is 2.36. The molecule has 3 rings (SSSR count). The van der Waals surface area contributed by atoms with Gasteiger partial charge in [-0.15, -0.1) is 10.2 Å². The topological polar surface area (TPSA) is 97.1 Å². The summed E-state index contributed by atoms with van der Waals surface area (Å²) in [5, 5.41) is 22.1. The Kier molecular flexibility index (Phi) is 5.52. The Labute approximate surface area is 168 Å². The van der Waals surface area contributed by atoms with Crippen molar-refractivity contribution in [1.82, 2.24) is 20.1 Å². The van der Waals surface area contributed by atoms with Crippen LogP contribution in [0, 0.1) is 0 Å². The molecule has 0 aliphatic carbocycles. The van der Waals surface area contributed by atoms with Gasteiger partial charge in [0.15, 0.2) is 5.16 Å². The minimum absolute atomic E-state index is 0.390. The van der Waals surface area contributed by atoms with Gasteiger partial charge in [-0.25, -0.2) is 0 Å². The number of carbonyl (C=O) groups is 2. The van der Waals surface area contributed by atoms with E-state index in [1.165, 1.54) is 11.8 Å². The molecule has 2 aromatic carbocycles. The van der Waals surface area contributed by atoms with Crippen molar-refractivity contribution in [3.05, 3.63) is 47.2 Å². The summed E-state index contributed by atoms with van der Waals surface area (Å²) < 4.78 is 1.41. The third kappa shape index (κ3) is 4.14. The zero-order chi connectivity index (χ0) is 19.6. The van der Waals surface area contributed by atoms with Crippen molar-refractivity contribution in [2.45, 2.75) is 23.8 Å². The van der Waals surface area contributed by atoms with Gasteiger partial charge in [0.05, 0.1) is 10.4 Å². The van der Waals surface area contributed by atoms with Gasteiger partial charge in [-0.05, 0) is 41.2 Å². The second kappa shape index (κ2) is 7.69. The van der Waals surface area contributed by atoms with E-state index >= 15 is 0 Å². The Morgan fingerprint density at radius 3 is 2.63 bits per heavy atom. The summed E-state index contributed by atoms with van der Waals surface area (Å²) in [5.74, 6) is -1.48. The van der Waals surface area contributed by atoms with Crippen LogP contribution < -0.4 is 5.32 Å². The minimum Gasteiger partial charge on any atom is -0.480 e. The van der Waals surface area contributed by atoms with Crippen LogP contribution in [0.4, 0.5) is 0 Å². The second-order valence-electron chi connectivity index (χ2n) is 6.27. The van der Waals surface area contributed by atoms with E-state index in [0.29, 0.717) is 9.89 Å². The van der Waals surface area contributed by atoms with Crippen LogP contribution >= 0.6 is 27.7 Å². The number of benzene rings is 2. The zero-order valence-corrected chi connectivity index (χ0v) is 17.0. The molecule has 0 fully saturated rings. The predicted octanol–water partition coefficient (Wildman–Crippen LogP) is 3.25. The summed E-state index contributed by atoms with van der Waals surface area (Å²) in [6.45, 7) is 3.00. The number of fused-ring (bicyclic) bond motifs is 1. The van der Waals surface area contributed by atoms with E-state index in [0.717, 1.165) is 16.5 Å². The van der Waals surface area contributed by atoms with E-state index in [1.54, 1.807) is 13.8 Å². The summed E-state index contributed by atoms with van der Waals surface area (Å²) in [6.07, 6.45) is 0. The van der Waals surface area contributed by atoms with Crippen molar-refractivity contribution >= 4 is 50.3 Å². The molecule has 0 bridgehead atoms. The number of hydrogen-bond donors (Lipinski definition) is 2. The molecule has 1 heterocycles. The Hall–Kier alpha value is -2.39. The van der Waals surface area contributed by atoms with Crippen LogP contribution in [-0.4, -0.2) is 43.0 Å². The lowest BCUT2D eigenvalue weighted by molar-refractivity contribution is -0.138. The van der Waals surface area contributed by atoms with Crippen molar-refractivity contribution < 1.29 is 14.7 Å². The Bertz CT molecular complexity index is 1010. The van der Waals surface area contributed by atoms with E-state index in [1.807, 2.05) is 47.0 Å². The molecule has 3 aromatic rings. The fraction of sp³-hybridized carbons (Fsp3) is 0.222. The highest BCUT2D eigenvalue weighted by Gasteiger charge is 2.32. The number of carboxylic acids is 1. The molecule has 1 aromatic heterocycles. The molecular formula is C18H17BrN4O3S. The van der Waals surface area contributed by atoms with Crippen molar-refractivity contribution in [3.8, 4) is 5.69 Å². The van der Waals surface area contributed by atoms with E-state index < -0.39 is 23.2 Å². The highest BCUT2D eigenvalue weighted by molar-refractivity contribution is 9.10.